The standard InChI is InChI=1S/C9H6N2O2.C6H14O3.C5H8O3.C3H8O2/c1-7-2-3-8(10-5-12)4-9(7)11-6-13;1-2-6(3-7,4-8)5-9;1-4(2-3-6)5(7)8;1-3(5)2-4/h2-4H,1H3;7-9H,2-5H2,1H3;6H,1-3H2,(H,7,8);3-5H,2H2,1H3. The number of benzene rings is 1. The average molecular weight is 501 g/mol. The zero-order valence-corrected chi connectivity index (χ0v) is 20.2. The molecule has 0 aliphatic rings. The van der Waals surface area contributed by atoms with Crippen LogP contribution < -0.4 is 0 Å². The van der Waals surface area contributed by atoms with Crippen molar-refractivity contribution >= 4 is 29.5 Å². The van der Waals surface area contributed by atoms with Crippen LogP contribution in [-0.4, -0.2) is 93.0 Å². The first-order valence-corrected chi connectivity index (χ1v) is 10.4. The van der Waals surface area contributed by atoms with E-state index in [2.05, 4.69) is 16.6 Å². The molecule has 1 aromatic rings. The van der Waals surface area contributed by atoms with Gasteiger partial charge in [0.05, 0.1) is 43.9 Å². The summed E-state index contributed by atoms with van der Waals surface area (Å²) in [4.78, 5) is 36.7. The number of hydrogen-bond acceptors (Lipinski definition) is 11. The fourth-order valence-electron chi connectivity index (χ4n) is 1.62. The first-order valence-electron chi connectivity index (χ1n) is 10.4. The van der Waals surface area contributed by atoms with Gasteiger partial charge >= 0.3 is 5.97 Å². The quantitative estimate of drug-likeness (QED) is 0.135. The number of aliphatic hydroxyl groups excluding tert-OH is 6. The number of carbonyl (C=O) groups excluding carboxylic acids is 2. The third-order valence-corrected chi connectivity index (χ3v) is 4.27. The molecule has 0 saturated heterocycles. The van der Waals surface area contributed by atoms with Crippen molar-refractivity contribution in [2.75, 3.05) is 33.0 Å². The van der Waals surface area contributed by atoms with Crippen molar-refractivity contribution in [1.82, 2.24) is 0 Å². The third kappa shape index (κ3) is 19.0. The van der Waals surface area contributed by atoms with Crippen LogP contribution in [0.1, 0.15) is 32.3 Å². The number of carbonyl (C=O) groups is 1. The maximum atomic E-state index is 10.00. The molecule has 12 nitrogen and oxygen atoms in total. The second kappa shape index (κ2) is 22.7. The van der Waals surface area contributed by atoms with E-state index >= 15 is 0 Å². The van der Waals surface area contributed by atoms with E-state index < -0.39 is 17.5 Å². The molecule has 0 amide bonds. The number of carboxylic acids is 1. The number of hydrogen-bond donors (Lipinski definition) is 7. The Balaban J connectivity index is -0.000000413. The molecule has 7 N–H and O–H groups in total. The summed E-state index contributed by atoms with van der Waals surface area (Å²) in [5.41, 5.74) is 1.10. The summed E-state index contributed by atoms with van der Waals surface area (Å²) in [6, 6.07) is 4.88. The van der Waals surface area contributed by atoms with E-state index in [9.17, 15) is 14.4 Å². The lowest BCUT2D eigenvalue weighted by Crippen LogP contribution is -2.32. The zero-order chi connectivity index (χ0) is 27.9. The Kier molecular flexibility index (Phi) is 23.7. The molecule has 35 heavy (non-hydrogen) atoms. The molecule has 0 aromatic heterocycles. The van der Waals surface area contributed by atoms with Crippen molar-refractivity contribution in [2.24, 2.45) is 15.4 Å². The molecule has 12 heteroatoms. The molecule has 1 rings (SSSR count). The van der Waals surface area contributed by atoms with Crippen molar-refractivity contribution < 1.29 is 50.1 Å². The predicted octanol–water partition coefficient (Wildman–Crippen LogP) is 0.658. The van der Waals surface area contributed by atoms with Crippen LogP contribution in [0.25, 0.3) is 0 Å². The van der Waals surface area contributed by atoms with Gasteiger partial charge in [-0.15, -0.1) is 0 Å². The zero-order valence-electron chi connectivity index (χ0n) is 20.2. The van der Waals surface area contributed by atoms with Crippen LogP contribution >= 0.6 is 0 Å². The van der Waals surface area contributed by atoms with Gasteiger partial charge in [0.2, 0.25) is 12.2 Å². The molecule has 1 unspecified atom stereocenters. The average Bonchev–Trinajstić information content (AvgIpc) is 2.84. The second-order valence-corrected chi connectivity index (χ2v) is 7.12. The molecule has 0 radical (unpaired) electrons. The highest BCUT2D eigenvalue weighted by Crippen LogP contribution is 2.23. The smallest absolute Gasteiger partial charge is 0.331 e. The predicted molar refractivity (Wildman–Crippen MR) is 128 cm³/mol. The first-order chi connectivity index (χ1) is 16.5. The molecular formula is C23H36N2O10. The third-order valence-electron chi connectivity index (χ3n) is 4.27. The molecule has 0 bridgehead atoms. The number of aliphatic hydroxyl groups is 6. The summed E-state index contributed by atoms with van der Waals surface area (Å²) < 4.78 is 0. The molecule has 0 fully saturated rings. The minimum Gasteiger partial charge on any atom is -0.478 e. The van der Waals surface area contributed by atoms with E-state index in [4.69, 9.17) is 35.7 Å². The maximum Gasteiger partial charge on any atom is 0.331 e. The molecule has 0 aliphatic carbocycles. The highest BCUT2D eigenvalue weighted by molar-refractivity contribution is 5.85. The van der Waals surface area contributed by atoms with Gasteiger partial charge in [0.15, 0.2) is 0 Å². The van der Waals surface area contributed by atoms with Gasteiger partial charge in [-0.1, -0.05) is 19.6 Å². The van der Waals surface area contributed by atoms with Crippen LogP contribution in [0.5, 0.6) is 0 Å². The van der Waals surface area contributed by atoms with Crippen molar-refractivity contribution in [3.05, 3.63) is 35.9 Å². The molecule has 198 valence electrons. The van der Waals surface area contributed by atoms with Crippen LogP contribution in [-0.2, 0) is 14.4 Å². The number of nitrogens with zero attached hydrogens (tertiary/aromatic N) is 2. The maximum absolute atomic E-state index is 10.00. The van der Waals surface area contributed by atoms with Gasteiger partial charge in [-0.2, -0.15) is 9.98 Å². The van der Waals surface area contributed by atoms with E-state index in [1.165, 1.54) is 25.1 Å². The fraction of sp³-hybridized carbons (Fsp3) is 0.522. The molecule has 0 spiro atoms. The first kappa shape index (κ1) is 36.5. The Morgan fingerprint density at radius 1 is 1.06 bits per heavy atom. The molecule has 0 aliphatic heterocycles. The molecule has 1 atom stereocenters. The van der Waals surface area contributed by atoms with Gasteiger partial charge in [0.1, 0.15) is 0 Å². The van der Waals surface area contributed by atoms with E-state index in [0.717, 1.165) is 5.56 Å². The Morgan fingerprint density at radius 3 is 1.80 bits per heavy atom. The van der Waals surface area contributed by atoms with Crippen LogP contribution in [0.2, 0.25) is 0 Å². The van der Waals surface area contributed by atoms with Crippen LogP contribution in [0.4, 0.5) is 11.4 Å². The summed E-state index contributed by atoms with van der Waals surface area (Å²) in [5.74, 6) is -1.04. The molecule has 0 saturated carbocycles. The van der Waals surface area contributed by atoms with Gasteiger partial charge in [0, 0.05) is 24.0 Å². The largest absolute Gasteiger partial charge is 0.478 e. The highest BCUT2D eigenvalue weighted by Gasteiger charge is 2.24. The number of aliphatic imine (C=N–C) groups is 2. The lowest BCUT2D eigenvalue weighted by Gasteiger charge is -2.24. The highest BCUT2D eigenvalue weighted by atomic mass is 16.4. The fourth-order valence-corrected chi connectivity index (χ4v) is 1.62. The Labute approximate surface area is 204 Å². The SMILES string of the molecule is C=C(CCO)C(=O)O.CC(O)CO.CCC(CO)(CO)CO.Cc1ccc(N=C=O)cc1N=C=O. The van der Waals surface area contributed by atoms with E-state index in [1.807, 2.05) is 6.92 Å². The topological polar surface area (TPSA) is 218 Å². The van der Waals surface area contributed by atoms with Crippen molar-refractivity contribution in [1.29, 1.82) is 0 Å². The van der Waals surface area contributed by atoms with Crippen molar-refractivity contribution in [2.45, 2.75) is 39.7 Å². The number of aryl methyl sites for hydroxylation is 1. The van der Waals surface area contributed by atoms with E-state index in [1.54, 1.807) is 19.1 Å². The number of rotatable bonds is 10. The van der Waals surface area contributed by atoms with E-state index in [-0.39, 0.29) is 45.0 Å². The molecule has 0 heterocycles. The van der Waals surface area contributed by atoms with Gasteiger partial charge in [-0.25, -0.2) is 14.4 Å². The minimum absolute atomic E-state index is 0.0486. The second-order valence-electron chi connectivity index (χ2n) is 7.12. The van der Waals surface area contributed by atoms with Crippen molar-refractivity contribution in [3.8, 4) is 0 Å². The normalized spacial score (nSPS) is 10.3. The summed E-state index contributed by atoms with van der Waals surface area (Å²) in [5, 5.41) is 58.2. The van der Waals surface area contributed by atoms with Crippen LogP contribution in [0, 0.1) is 12.3 Å². The number of carboxylic acid groups (broad SMARTS) is 1. The number of isocyanates is 2. The summed E-state index contributed by atoms with van der Waals surface area (Å²) in [6.45, 7) is 7.58. The van der Waals surface area contributed by atoms with Gasteiger partial charge < -0.3 is 35.7 Å². The molecular weight excluding hydrogens is 464 g/mol. The summed E-state index contributed by atoms with van der Waals surface area (Å²) >= 11 is 0. The monoisotopic (exact) mass is 500 g/mol. The van der Waals surface area contributed by atoms with Crippen LogP contribution in [0.3, 0.4) is 0 Å². The minimum atomic E-state index is -1.04. The van der Waals surface area contributed by atoms with Gasteiger partial charge in [-0.05, 0) is 38.0 Å². The number of aliphatic carboxylic acids is 1. The van der Waals surface area contributed by atoms with E-state index in [0.29, 0.717) is 17.8 Å². The van der Waals surface area contributed by atoms with Gasteiger partial charge in [-0.3, -0.25) is 0 Å². The van der Waals surface area contributed by atoms with Gasteiger partial charge in [0.25, 0.3) is 0 Å². The Morgan fingerprint density at radius 2 is 1.54 bits per heavy atom. The lowest BCUT2D eigenvalue weighted by molar-refractivity contribution is -0.132. The summed E-state index contributed by atoms with van der Waals surface area (Å²) in [6.07, 6.45) is 3.02. The lowest BCUT2D eigenvalue weighted by atomic mass is 9.88. The molecule has 1 aromatic carbocycles. The Hall–Kier alpha value is -3.05. The summed E-state index contributed by atoms with van der Waals surface area (Å²) in [7, 11) is 0. The van der Waals surface area contributed by atoms with Crippen LogP contribution in [0.15, 0.2) is 40.3 Å². The van der Waals surface area contributed by atoms with Crippen molar-refractivity contribution in [3.63, 3.8) is 0 Å². The Bertz CT molecular complexity index is 808.